The summed E-state index contributed by atoms with van der Waals surface area (Å²) in [4.78, 5) is 4.20. The molecule has 0 aliphatic carbocycles. The molecule has 2 rings (SSSR count). The Morgan fingerprint density at radius 2 is 1.86 bits per heavy atom. The first-order valence-electron chi connectivity index (χ1n) is 9.04. The molecule has 0 atom stereocenters. The van der Waals surface area contributed by atoms with Crippen LogP contribution in [0.5, 0.6) is 0 Å². The van der Waals surface area contributed by atoms with Gasteiger partial charge in [-0.15, -0.1) is 24.0 Å². The first-order valence-corrected chi connectivity index (χ1v) is 9.04. The zero-order chi connectivity index (χ0) is 19.3. The molecule has 0 bridgehead atoms. The number of ether oxygens (including phenoxy) is 2. The van der Waals surface area contributed by atoms with Crippen LogP contribution in [0.1, 0.15) is 12.1 Å². The molecule has 0 radical (unpaired) electrons. The largest absolute Gasteiger partial charge is 0.382 e. The molecule has 0 aliphatic rings. The summed E-state index contributed by atoms with van der Waals surface area (Å²) >= 11 is 0. The van der Waals surface area contributed by atoms with Crippen LogP contribution in [0, 0.1) is 5.82 Å². The van der Waals surface area contributed by atoms with Crippen LogP contribution in [0.15, 0.2) is 41.5 Å². The molecular formula is C19H29FIN5O2. The average molecular weight is 505 g/mol. The van der Waals surface area contributed by atoms with Crippen LogP contribution < -0.4 is 10.6 Å². The number of hydrogen-bond acceptors (Lipinski definition) is 4. The first kappa shape index (κ1) is 24.3. The molecule has 0 unspecified atom stereocenters. The minimum absolute atomic E-state index is 0. The Bertz CT molecular complexity index is 694. The lowest BCUT2D eigenvalue weighted by Crippen LogP contribution is -2.39. The maximum Gasteiger partial charge on any atom is 0.190 e. The molecule has 1 aromatic heterocycles. The van der Waals surface area contributed by atoms with Crippen LogP contribution in [0.25, 0.3) is 5.69 Å². The van der Waals surface area contributed by atoms with Gasteiger partial charge in [0.05, 0.1) is 24.6 Å². The maximum absolute atomic E-state index is 13.0. The molecule has 0 amide bonds. The molecule has 0 aliphatic heterocycles. The number of halogens is 2. The quantitative estimate of drug-likeness (QED) is 0.213. The lowest BCUT2D eigenvalue weighted by Gasteiger charge is -2.11. The summed E-state index contributed by atoms with van der Waals surface area (Å²) in [6, 6.07) is 8.22. The predicted octanol–water partition coefficient (Wildman–Crippen LogP) is 2.39. The molecule has 1 aromatic carbocycles. The van der Waals surface area contributed by atoms with E-state index in [2.05, 4.69) is 20.7 Å². The van der Waals surface area contributed by atoms with Crippen LogP contribution in [-0.4, -0.2) is 62.8 Å². The summed E-state index contributed by atoms with van der Waals surface area (Å²) in [5, 5.41) is 11.0. The van der Waals surface area contributed by atoms with E-state index in [1.807, 2.05) is 12.3 Å². The highest BCUT2D eigenvalue weighted by Crippen LogP contribution is 2.09. The van der Waals surface area contributed by atoms with Crippen molar-refractivity contribution in [2.24, 2.45) is 4.99 Å². The normalized spacial score (nSPS) is 11.2. The fraction of sp³-hybridized carbons (Fsp3) is 0.474. The Hall–Kier alpha value is -1.72. The monoisotopic (exact) mass is 505 g/mol. The smallest absolute Gasteiger partial charge is 0.190 e. The van der Waals surface area contributed by atoms with Gasteiger partial charge in [-0.2, -0.15) is 5.10 Å². The van der Waals surface area contributed by atoms with Gasteiger partial charge < -0.3 is 20.1 Å². The van der Waals surface area contributed by atoms with Crippen molar-refractivity contribution in [2.75, 3.05) is 47.1 Å². The van der Waals surface area contributed by atoms with Crippen molar-refractivity contribution in [2.45, 2.75) is 12.8 Å². The van der Waals surface area contributed by atoms with Crippen molar-refractivity contribution in [1.29, 1.82) is 0 Å². The van der Waals surface area contributed by atoms with Crippen LogP contribution >= 0.6 is 24.0 Å². The lowest BCUT2D eigenvalue weighted by molar-refractivity contribution is 0.0698. The Kier molecular flexibility index (Phi) is 12.4. The zero-order valence-corrected chi connectivity index (χ0v) is 18.7. The number of nitrogens with zero attached hydrogens (tertiary/aromatic N) is 3. The van der Waals surface area contributed by atoms with Gasteiger partial charge >= 0.3 is 0 Å². The summed E-state index contributed by atoms with van der Waals surface area (Å²) in [5.74, 6) is 0.501. The predicted molar refractivity (Wildman–Crippen MR) is 119 cm³/mol. The van der Waals surface area contributed by atoms with Crippen molar-refractivity contribution < 1.29 is 13.9 Å². The standard InChI is InChI=1S/C19H28FN5O2.HI/c1-21-19(22-10-3-13-27-15-14-26-2)23-11-8-17-9-12-25(24-17)18-6-4-16(20)5-7-18;/h4-7,9,12H,3,8,10-11,13-15H2,1-2H3,(H2,21,22,23);1H. The molecule has 0 fully saturated rings. The molecule has 0 saturated heterocycles. The van der Waals surface area contributed by atoms with E-state index in [1.165, 1.54) is 12.1 Å². The third-order valence-corrected chi connectivity index (χ3v) is 3.82. The van der Waals surface area contributed by atoms with Gasteiger partial charge in [0, 0.05) is 46.5 Å². The molecule has 0 saturated carbocycles. The minimum atomic E-state index is -0.254. The number of rotatable bonds is 11. The van der Waals surface area contributed by atoms with Gasteiger partial charge in [0.1, 0.15) is 5.82 Å². The van der Waals surface area contributed by atoms with E-state index in [9.17, 15) is 4.39 Å². The van der Waals surface area contributed by atoms with Crippen LogP contribution in [-0.2, 0) is 15.9 Å². The van der Waals surface area contributed by atoms with Crippen LogP contribution in [0.2, 0.25) is 0 Å². The van der Waals surface area contributed by atoms with Gasteiger partial charge in [-0.05, 0) is 36.8 Å². The number of hydrogen-bond donors (Lipinski definition) is 2. The van der Waals surface area contributed by atoms with Gasteiger partial charge in [-0.25, -0.2) is 9.07 Å². The van der Waals surface area contributed by atoms with Crippen LogP contribution in [0.3, 0.4) is 0 Å². The number of nitrogens with one attached hydrogen (secondary N) is 2. The number of aliphatic imine (C=N–C) groups is 1. The third kappa shape index (κ3) is 8.98. The Morgan fingerprint density at radius 1 is 1.11 bits per heavy atom. The average Bonchev–Trinajstić information content (AvgIpc) is 3.15. The summed E-state index contributed by atoms with van der Waals surface area (Å²) in [7, 11) is 3.40. The highest BCUT2D eigenvalue weighted by molar-refractivity contribution is 14.0. The van der Waals surface area contributed by atoms with Crippen molar-refractivity contribution in [1.82, 2.24) is 20.4 Å². The molecule has 156 valence electrons. The second-order valence-corrected chi connectivity index (χ2v) is 5.86. The maximum atomic E-state index is 13.0. The highest BCUT2D eigenvalue weighted by Gasteiger charge is 2.03. The Morgan fingerprint density at radius 3 is 2.57 bits per heavy atom. The van der Waals surface area contributed by atoms with Crippen molar-refractivity contribution in [3.05, 3.63) is 48.0 Å². The van der Waals surface area contributed by atoms with Gasteiger partial charge in [0.25, 0.3) is 0 Å². The van der Waals surface area contributed by atoms with Gasteiger partial charge in [-0.1, -0.05) is 0 Å². The van der Waals surface area contributed by atoms with Gasteiger partial charge in [0.15, 0.2) is 5.96 Å². The van der Waals surface area contributed by atoms with Crippen molar-refractivity contribution in [3.8, 4) is 5.69 Å². The summed E-state index contributed by atoms with van der Waals surface area (Å²) in [6.07, 6.45) is 3.53. The molecule has 7 nitrogen and oxygen atoms in total. The zero-order valence-electron chi connectivity index (χ0n) is 16.4. The minimum Gasteiger partial charge on any atom is -0.382 e. The van der Waals surface area contributed by atoms with E-state index >= 15 is 0 Å². The van der Waals surface area contributed by atoms with E-state index in [0.29, 0.717) is 26.4 Å². The topological polar surface area (TPSA) is 72.7 Å². The van der Waals surface area contributed by atoms with E-state index in [1.54, 1.807) is 31.0 Å². The molecule has 2 N–H and O–H groups in total. The number of guanidine groups is 1. The molecule has 9 heteroatoms. The van der Waals surface area contributed by atoms with Crippen LogP contribution in [0.4, 0.5) is 4.39 Å². The van der Waals surface area contributed by atoms with Gasteiger partial charge in [-0.3, -0.25) is 4.99 Å². The highest BCUT2D eigenvalue weighted by atomic mass is 127. The summed E-state index contributed by atoms with van der Waals surface area (Å²) in [6.45, 7) is 3.42. The SMILES string of the molecule is CN=C(NCCCOCCOC)NCCc1ccn(-c2ccc(F)cc2)n1.I. The second kappa shape index (κ2) is 14.3. The molecular weight excluding hydrogens is 476 g/mol. The first-order chi connectivity index (χ1) is 13.2. The van der Waals surface area contributed by atoms with Crippen molar-refractivity contribution >= 4 is 29.9 Å². The summed E-state index contributed by atoms with van der Waals surface area (Å²) in [5.41, 5.74) is 1.79. The fourth-order valence-corrected chi connectivity index (χ4v) is 2.39. The van der Waals surface area contributed by atoms with Gasteiger partial charge in [0.2, 0.25) is 0 Å². The molecule has 2 aromatic rings. The number of aromatic nitrogens is 2. The van der Waals surface area contributed by atoms with E-state index in [0.717, 1.165) is 36.7 Å². The third-order valence-electron chi connectivity index (χ3n) is 3.82. The Labute approximate surface area is 182 Å². The second-order valence-electron chi connectivity index (χ2n) is 5.86. The van der Waals surface area contributed by atoms with E-state index in [4.69, 9.17) is 9.47 Å². The molecule has 0 spiro atoms. The Balaban J connectivity index is 0.00000392. The lowest BCUT2D eigenvalue weighted by atomic mass is 10.3. The van der Waals surface area contributed by atoms with E-state index < -0.39 is 0 Å². The summed E-state index contributed by atoms with van der Waals surface area (Å²) < 4.78 is 25.1. The molecule has 28 heavy (non-hydrogen) atoms. The van der Waals surface area contributed by atoms with E-state index in [-0.39, 0.29) is 29.8 Å². The molecule has 1 heterocycles. The number of methoxy groups -OCH3 is 1. The fourth-order valence-electron chi connectivity index (χ4n) is 2.39. The number of benzene rings is 1. The van der Waals surface area contributed by atoms with Crippen molar-refractivity contribution in [3.63, 3.8) is 0 Å².